The van der Waals surface area contributed by atoms with Gasteiger partial charge in [0.05, 0.1) is 12.3 Å². The van der Waals surface area contributed by atoms with Crippen LogP contribution < -0.4 is 0 Å². The van der Waals surface area contributed by atoms with Gasteiger partial charge in [-0.25, -0.2) is 9.07 Å². The second-order valence-electron chi connectivity index (χ2n) is 5.39. The average Bonchev–Trinajstić information content (AvgIpc) is 2.67. The van der Waals surface area contributed by atoms with Gasteiger partial charge in [-0.05, 0) is 12.1 Å². The lowest BCUT2D eigenvalue weighted by Gasteiger charge is -2.16. The summed E-state index contributed by atoms with van der Waals surface area (Å²) in [5, 5.41) is 14.1. The molecule has 0 radical (unpaired) electrons. The second-order valence-corrected chi connectivity index (χ2v) is 5.75. The fourth-order valence-electron chi connectivity index (χ4n) is 1.96. The molecule has 0 saturated heterocycles. The molecule has 1 aromatic carbocycles. The van der Waals surface area contributed by atoms with Gasteiger partial charge in [-0.1, -0.05) is 44.5 Å². The fourth-order valence-corrected chi connectivity index (χ4v) is 2.23. The molecule has 1 aromatic heterocycles. The Morgan fingerprint density at radius 1 is 1.32 bits per heavy atom. The number of hydrogen-bond donors (Lipinski definition) is 1. The lowest BCUT2D eigenvalue weighted by molar-refractivity contribution is 0.278. The van der Waals surface area contributed by atoms with E-state index in [-0.39, 0.29) is 22.9 Å². The van der Waals surface area contributed by atoms with Crippen molar-refractivity contribution in [1.82, 2.24) is 9.78 Å². The van der Waals surface area contributed by atoms with E-state index in [1.54, 1.807) is 18.2 Å². The van der Waals surface area contributed by atoms with Crippen molar-refractivity contribution in [3.8, 4) is 5.69 Å². The molecule has 102 valence electrons. The fraction of sp³-hybridized carbons (Fsp3) is 0.357. The highest BCUT2D eigenvalue weighted by Crippen LogP contribution is 2.32. The minimum absolute atomic E-state index is 0.222. The zero-order valence-electron chi connectivity index (χ0n) is 11.1. The van der Waals surface area contributed by atoms with Crippen molar-refractivity contribution >= 4 is 11.6 Å². The summed E-state index contributed by atoms with van der Waals surface area (Å²) in [6.07, 6.45) is 0. The summed E-state index contributed by atoms with van der Waals surface area (Å²) < 4.78 is 15.2. The maximum atomic E-state index is 13.8. The summed E-state index contributed by atoms with van der Waals surface area (Å²) in [5.74, 6) is -0.406. The second kappa shape index (κ2) is 4.94. The molecule has 0 saturated carbocycles. The normalized spacial score (nSPS) is 11.9. The van der Waals surface area contributed by atoms with E-state index in [2.05, 4.69) is 5.10 Å². The minimum atomic E-state index is -0.406. The van der Waals surface area contributed by atoms with E-state index in [0.29, 0.717) is 11.3 Å². The van der Waals surface area contributed by atoms with Crippen molar-refractivity contribution in [3.05, 3.63) is 46.5 Å². The Hall–Kier alpha value is -1.39. The van der Waals surface area contributed by atoms with Crippen LogP contribution in [0.3, 0.4) is 0 Å². The van der Waals surface area contributed by atoms with Gasteiger partial charge in [-0.3, -0.25) is 0 Å². The Morgan fingerprint density at radius 3 is 2.42 bits per heavy atom. The van der Waals surface area contributed by atoms with Crippen LogP contribution in [0, 0.1) is 5.82 Å². The van der Waals surface area contributed by atoms with Gasteiger partial charge in [0.15, 0.2) is 0 Å². The molecule has 3 nitrogen and oxygen atoms in total. The van der Waals surface area contributed by atoms with Crippen LogP contribution in [0.25, 0.3) is 5.69 Å². The van der Waals surface area contributed by atoms with Crippen molar-refractivity contribution in [3.63, 3.8) is 0 Å². The van der Waals surface area contributed by atoms with Crippen LogP contribution in [0.15, 0.2) is 24.3 Å². The molecule has 1 N–H and O–H groups in total. The van der Waals surface area contributed by atoms with Gasteiger partial charge in [-0.2, -0.15) is 5.10 Å². The lowest BCUT2D eigenvalue weighted by atomic mass is 9.90. The molecule has 5 heteroatoms. The molecule has 0 aliphatic rings. The Bertz CT molecular complexity index is 602. The zero-order valence-corrected chi connectivity index (χ0v) is 11.9. The highest BCUT2D eigenvalue weighted by atomic mass is 35.5. The standard InChI is InChI=1S/C14H16ClFN2O/c1-14(2,3)12-9(8-19)13(15)18(17-12)11-7-5-4-6-10(11)16/h4-7,19H,8H2,1-3H3. The molecule has 1 heterocycles. The van der Waals surface area contributed by atoms with Crippen LogP contribution in [-0.4, -0.2) is 14.9 Å². The third-order valence-corrected chi connectivity index (χ3v) is 3.26. The number of nitrogens with zero attached hydrogens (tertiary/aromatic N) is 2. The summed E-state index contributed by atoms with van der Waals surface area (Å²) in [7, 11) is 0. The zero-order chi connectivity index (χ0) is 14.2. The molecule has 0 unspecified atom stereocenters. The molecule has 2 aromatic rings. The van der Waals surface area contributed by atoms with E-state index >= 15 is 0 Å². The van der Waals surface area contributed by atoms with Crippen LogP contribution in [0.1, 0.15) is 32.0 Å². The number of hydrogen-bond acceptors (Lipinski definition) is 2. The monoisotopic (exact) mass is 282 g/mol. The molecule has 0 amide bonds. The molecule has 0 spiro atoms. The summed E-state index contributed by atoms with van der Waals surface area (Å²) in [6, 6.07) is 6.27. The Balaban J connectivity index is 2.67. The quantitative estimate of drug-likeness (QED) is 0.916. The van der Waals surface area contributed by atoms with Crippen molar-refractivity contribution < 1.29 is 9.50 Å². The largest absolute Gasteiger partial charge is 0.391 e. The molecule has 0 aliphatic carbocycles. The summed E-state index contributed by atoms with van der Waals surface area (Å²) in [4.78, 5) is 0. The van der Waals surface area contributed by atoms with Crippen LogP contribution in [0.2, 0.25) is 5.15 Å². The smallest absolute Gasteiger partial charge is 0.148 e. The molecule has 19 heavy (non-hydrogen) atoms. The number of aliphatic hydroxyl groups is 1. The number of rotatable bonds is 2. The van der Waals surface area contributed by atoms with E-state index in [1.165, 1.54) is 10.7 Å². The molecular weight excluding hydrogens is 267 g/mol. The average molecular weight is 283 g/mol. The van der Waals surface area contributed by atoms with Crippen molar-refractivity contribution in [2.45, 2.75) is 32.8 Å². The predicted octanol–water partition coefficient (Wildman–Crippen LogP) is 3.45. The van der Waals surface area contributed by atoms with Gasteiger partial charge in [0.25, 0.3) is 0 Å². The molecule has 0 atom stereocenters. The molecule has 2 rings (SSSR count). The predicted molar refractivity (Wildman–Crippen MR) is 73.2 cm³/mol. The first-order valence-corrected chi connectivity index (χ1v) is 6.37. The van der Waals surface area contributed by atoms with Gasteiger partial charge in [0, 0.05) is 11.0 Å². The topological polar surface area (TPSA) is 38.0 Å². The lowest BCUT2D eigenvalue weighted by Crippen LogP contribution is -2.15. The molecule has 0 fully saturated rings. The summed E-state index contributed by atoms with van der Waals surface area (Å²) in [5.41, 5.74) is 1.21. The van der Waals surface area contributed by atoms with Crippen LogP contribution in [0.4, 0.5) is 4.39 Å². The van der Waals surface area contributed by atoms with Crippen LogP contribution in [-0.2, 0) is 12.0 Å². The Labute approximate surface area is 116 Å². The number of halogens is 2. The van der Waals surface area contributed by atoms with Crippen molar-refractivity contribution in [2.75, 3.05) is 0 Å². The number of para-hydroxylation sites is 1. The highest BCUT2D eigenvalue weighted by molar-refractivity contribution is 6.30. The van der Waals surface area contributed by atoms with E-state index in [9.17, 15) is 9.50 Å². The number of aromatic nitrogens is 2. The molecular formula is C14H16ClFN2O. The highest BCUT2D eigenvalue weighted by Gasteiger charge is 2.26. The van der Waals surface area contributed by atoms with E-state index in [1.807, 2.05) is 20.8 Å². The van der Waals surface area contributed by atoms with Crippen LogP contribution in [0.5, 0.6) is 0 Å². The van der Waals surface area contributed by atoms with Crippen molar-refractivity contribution in [2.24, 2.45) is 0 Å². The SMILES string of the molecule is CC(C)(C)c1nn(-c2ccccc2F)c(Cl)c1CO. The van der Waals surface area contributed by atoms with Crippen LogP contribution >= 0.6 is 11.6 Å². The van der Waals surface area contributed by atoms with Gasteiger partial charge >= 0.3 is 0 Å². The first-order chi connectivity index (χ1) is 8.86. The third kappa shape index (κ3) is 2.51. The first kappa shape index (κ1) is 14.0. The molecule has 0 bridgehead atoms. The first-order valence-electron chi connectivity index (χ1n) is 6.00. The van der Waals surface area contributed by atoms with E-state index < -0.39 is 5.82 Å². The number of benzene rings is 1. The van der Waals surface area contributed by atoms with Gasteiger partial charge in [-0.15, -0.1) is 0 Å². The maximum Gasteiger partial charge on any atom is 0.148 e. The maximum absolute atomic E-state index is 13.8. The van der Waals surface area contributed by atoms with Gasteiger partial charge in [0.2, 0.25) is 0 Å². The third-order valence-electron chi connectivity index (χ3n) is 2.87. The molecule has 0 aliphatic heterocycles. The van der Waals surface area contributed by atoms with Gasteiger partial charge < -0.3 is 5.11 Å². The van der Waals surface area contributed by atoms with E-state index in [0.717, 1.165) is 0 Å². The Kier molecular flexibility index (Phi) is 3.65. The summed E-state index contributed by atoms with van der Waals surface area (Å²) >= 11 is 6.22. The van der Waals surface area contributed by atoms with Gasteiger partial charge in [0.1, 0.15) is 16.7 Å². The van der Waals surface area contributed by atoms with Crippen molar-refractivity contribution in [1.29, 1.82) is 0 Å². The minimum Gasteiger partial charge on any atom is -0.391 e. The summed E-state index contributed by atoms with van der Waals surface area (Å²) in [6.45, 7) is 5.68. The van der Waals surface area contributed by atoms with E-state index in [4.69, 9.17) is 11.6 Å². The number of aliphatic hydroxyl groups excluding tert-OH is 1. The Morgan fingerprint density at radius 2 is 1.95 bits per heavy atom.